The van der Waals surface area contributed by atoms with Gasteiger partial charge >= 0.3 is 6.18 Å². The van der Waals surface area contributed by atoms with E-state index in [1.165, 1.54) is 18.2 Å². The van der Waals surface area contributed by atoms with E-state index in [9.17, 15) is 27.5 Å². The van der Waals surface area contributed by atoms with Crippen molar-refractivity contribution < 1.29 is 32.0 Å². The molecule has 1 aliphatic carbocycles. The fourth-order valence-electron chi connectivity index (χ4n) is 7.26. The Balaban J connectivity index is 1.33. The number of rotatable bonds is 6. The van der Waals surface area contributed by atoms with E-state index >= 15 is 0 Å². The summed E-state index contributed by atoms with van der Waals surface area (Å²) in [6.45, 7) is 8.29. The number of allylic oxidation sites excluding steroid dienone is 5. The van der Waals surface area contributed by atoms with Crippen LogP contribution < -0.4 is 10.0 Å². The standard InChI is InChI=1S/C41H34F4N2O2/c1-39(2)31-19-27(41(43,44)45)15-17-33(31)46(23-25-11-7-5-8-12-25)35(39)21-29-37(48)30(38(29)49)22-36-40(3,4)32-20-28(42)16-18-34(32)47(36)24-26-13-9-6-10-14-26/h5-22H,23-24H2,1-4H3. The van der Waals surface area contributed by atoms with Gasteiger partial charge in [-0.2, -0.15) is 17.7 Å². The molecular weight excluding hydrogens is 628 g/mol. The van der Waals surface area contributed by atoms with Gasteiger partial charge in [0, 0.05) is 57.8 Å². The Hall–Kier alpha value is -5.24. The lowest BCUT2D eigenvalue weighted by atomic mass is 9.77. The van der Waals surface area contributed by atoms with Gasteiger partial charge in [0.1, 0.15) is 5.82 Å². The second-order valence-electron chi connectivity index (χ2n) is 13.8. The summed E-state index contributed by atoms with van der Waals surface area (Å²) >= 11 is 0. The maximum Gasteiger partial charge on any atom is 0.416 e. The van der Waals surface area contributed by atoms with Gasteiger partial charge in [-0.15, -0.1) is 0 Å². The summed E-state index contributed by atoms with van der Waals surface area (Å²) in [6, 6.07) is 27.6. The molecular formula is C41H34F4N2O2. The van der Waals surface area contributed by atoms with Gasteiger partial charge in [0.25, 0.3) is 0 Å². The highest BCUT2D eigenvalue weighted by Gasteiger charge is 2.47. The lowest BCUT2D eigenvalue weighted by Crippen LogP contribution is -2.35. The molecule has 4 aromatic rings. The quantitative estimate of drug-likeness (QED) is 0.118. The third kappa shape index (κ3) is 5.39. The number of hydrogen-bond donors (Lipinski definition) is 0. The van der Waals surface area contributed by atoms with E-state index in [2.05, 4.69) is 0 Å². The zero-order chi connectivity index (χ0) is 34.9. The van der Waals surface area contributed by atoms with E-state index in [4.69, 9.17) is 0 Å². The van der Waals surface area contributed by atoms with Crippen molar-refractivity contribution in [3.63, 3.8) is 0 Å². The molecule has 0 saturated heterocycles. The average molecular weight is 663 g/mol. The zero-order valence-corrected chi connectivity index (χ0v) is 27.5. The van der Waals surface area contributed by atoms with E-state index < -0.39 is 34.1 Å². The molecule has 0 bridgehead atoms. The molecule has 4 aromatic carbocycles. The molecule has 7 rings (SSSR count). The molecule has 3 aliphatic rings. The van der Waals surface area contributed by atoms with Crippen LogP contribution >= 0.6 is 0 Å². The molecule has 0 N–H and O–H groups in total. The molecule has 8 heteroatoms. The summed E-state index contributed by atoms with van der Waals surface area (Å²) in [5, 5.41) is 13.9. The number of nitrogens with zero attached hydrogens (tertiary/aromatic N) is 2. The number of hydrogen-bond acceptors (Lipinski definition) is 3. The minimum absolute atomic E-state index is 0.0172. The summed E-state index contributed by atoms with van der Waals surface area (Å²) in [6.07, 6.45) is -1.35. The minimum atomic E-state index is -4.53. The van der Waals surface area contributed by atoms with Crippen LogP contribution in [0.5, 0.6) is 0 Å². The number of carbonyl (C=O) groups excluding carboxylic acids is 1. The second kappa shape index (κ2) is 11.4. The van der Waals surface area contributed by atoms with Gasteiger partial charge in [-0.25, -0.2) is 4.39 Å². The smallest absolute Gasteiger partial charge is 0.416 e. The van der Waals surface area contributed by atoms with Crippen molar-refractivity contribution in [2.24, 2.45) is 0 Å². The summed E-state index contributed by atoms with van der Waals surface area (Å²) in [5.74, 6) is -1.25. The van der Waals surface area contributed by atoms with Gasteiger partial charge in [-0.3, -0.25) is 4.79 Å². The highest BCUT2D eigenvalue weighted by atomic mass is 19.4. The van der Waals surface area contributed by atoms with E-state index in [0.717, 1.165) is 34.5 Å². The second-order valence-corrected chi connectivity index (χ2v) is 13.8. The first-order valence-electron chi connectivity index (χ1n) is 16.1. The first-order valence-corrected chi connectivity index (χ1v) is 16.1. The predicted octanol–water partition coefficient (Wildman–Crippen LogP) is 8.43. The highest BCUT2D eigenvalue weighted by molar-refractivity contribution is 6.24. The molecule has 0 atom stereocenters. The predicted molar refractivity (Wildman–Crippen MR) is 180 cm³/mol. The van der Waals surface area contributed by atoms with Crippen LogP contribution in [0.15, 0.2) is 132 Å². The Morgan fingerprint density at radius 3 is 2.08 bits per heavy atom. The third-order valence-electron chi connectivity index (χ3n) is 9.98. The number of anilines is 1. The summed E-state index contributed by atoms with van der Waals surface area (Å²) < 4.78 is 57.9. The average Bonchev–Trinajstić information content (AvgIpc) is 3.40. The van der Waals surface area contributed by atoms with Crippen molar-refractivity contribution >= 4 is 22.9 Å². The summed E-state index contributed by atoms with van der Waals surface area (Å²) in [7, 11) is 0. The number of carbonyl (C=O) groups is 1. The zero-order valence-electron chi connectivity index (χ0n) is 27.5. The number of alkyl halides is 3. The van der Waals surface area contributed by atoms with Crippen LogP contribution in [0.1, 0.15) is 55.5 Å². The molecule has 0 unspecified atom stereocenters. The molecule has 0 saturated carbocycles. The van der Waals surface area contributed by atoms with Crippen molar-refractivity contribution in [2.45, 2.75) is 57.8 Å². The molecule has 0 radical (unpaired) electrons. The van der Waals surface area contributed by atoms with E-state index in [-0.39, 0.29) is 17.0 Å². The molecule has 0 amide bonds. The first kappa shape index (κ1) is 32.3. The monoisotopic (exact) mass is 662 g/mol. The fourth-order valence-corrected chi connectivity index (χ4v) is 7.26. The van der Waals surface area contributed by atoms with Crippen LogP contribution in [0.3, 0.4) is 0 Å². The molecule has 4 nitrogen and oxygen atoms in total. The normalized spacial score (nSPS) is 19.5. The minimum Gasteiger partial charge on any atom is -0.871 e. The van der Waals surface area contributed by atoms with Crippen molar-refractivity contribution in [3.8, 4) is 0 Å². The molecule has 2 heterocycles. The van der Waals surface area contributed by atoms with E-state index in [1.54, 1.807) is 18.2 Å². The molecule has 2 aliphatic heterocycles. The molecule has 0 aromatic heterocycles. The lowest BCUT2D eigenvalue weighted by molar-refractivity contribution is -0.455. The number of ketones is 1. The van der Waals surface area contributed by atoms with Gasteiger partial charge in [-0.1, -0.05) is 80.3 Å². The number of halogens is 4. The van der Waals surface area contributed by atoms with Crippen molar-refractivity contribution in [1.29, 1.82) is 0 Å². The maximum atomic E-state index is 14.5. The van der Waals surface area contributed by atoms with Gasteiger partial charge in [0.15, 0.2) is 18.0 Å². The topological polar surface area (TPSA) is 46.4 Å². The summed E-state index contributed by atoms with van der Waals surface area (Å²) in [5.41, 5.74) is 3.36. The summed E-state index contributed by atoms with van der Waals surface area (Å²) in [4.78, 5) is 15.7. The third-order valence-corrected chi connectivity index (χ3v) is 9.98. The van der Waals surface area contributed by atoms with Crippen LogP contribution in [-0.2, 0) is 34.9 Å². The van der Waals surface area contributed by atoms with Gasteiger partial charge < -0.3 is 10.0 Å². The molecule has 0 fully saturated rings. The molecule has 248 valence electrons. The number of Topliss-reactive ketones (excluding diaryl/α,β-unsaturated/α-hetero) is 1. The Morgan fingerprint density at radius 2 is 1.45 bits per heavy atom. The van der Waals surface area contributed by atoms with Crippen LogP contribution in [0.2, 0.25) is 0 Å². The van der Waals surface area contributed by atoms with Crippen LogP contribution in [-0.4, -0.2) is 16.1 Å². The first-order chi connectivity index (χ1) is 23.2. The van der Waals surface area contributed by atoms with Gasteiger partial charge in [-0.05, 0) is 61.4 Å². The maximum absolute atomic E-state index is 14.5. The highest BCUT2D eigenvalue weighted by Crippen LogP contribution is 2.51. The van der Waals surface area contributed by atoms with Crippen LogP contribution in [0, 0.1) is 5.82 Å². The van der Waals surface area contributed by atoms with Crippen molar-refractivity contribution in [2.75, 3.05) is 4.90 Å². The van der Waals surface area contributed by atoms with Gasteiger partial charge in [0.05, 0.1) is 11.0 Å². The molecule has 0 spiro atoms. The fraction of sp³-hybridized carbons (Fsp3) is 0.220. The van der Waals surface area contributed by atoms with Crippen LogP contribution in [0.4, 0.5) is 28.9 Å². The van der Waals surface area contributed by atoms with E-state index in [0.29, 0.717) is 35.7 Å². The molecule has 49 heavy (non-hydrogen) atoms. The van der Waals surface area contributed by atoms with Crippen molar-refractivity contribution in [1.82, 2.24) is 0 Å². The lowest BCUT2D eigenvalue weighted by Gasteiger charge is -2.33. The van der Waals surface area contributed by atoms with Crippen LogP contribution in [0.25, 0.3) is 0 Å². The SMILES string of the molecule is CC1(C)C(/C=C2/C(=O)C(/C=C3\N(Cc4ccccc4)c4ccc(C(F)(F)F)cc4C3(C)C)=C2[O-])=[N+](Cc2ccccc2)c2ccc(F)cc21. The van der Waals surface area contributed by atoms with E-state index in [1.807, 2.05) is 97.8 Å². The Labute approximate surface area is 282 Å². The van der Waals surface area contributed by atoms with Gasteiger partial charge in [0.2, 0.25) is 5.69 Å². The Kier molecular flexibility index (Phi) is 7.54. The number of benzene rings is 4. The number of fused-ring (bicyclic) bond motifs is 2. The largest absolute Gasteiger partial charge is 0.871 e. The van der Waals surface area contributed by atoms with Crippen molar-refractivity contribution in [3.05, 3.63) is 165 Å². The Bertz CT molecular complexity index is 2140. The Morgan fingerprint density at radius 1 is 0.796 bits per heavy atom.